The van der Waals surface area contributed by atoms with Gasteiger partial charge in [-0.2, -0.15) is 4.98 Å². The van der Waals surface area contributed by atoms with Crippen molar-refractivity contribution >= 4 is 5.69 Å². The van der Waals surface area contributed by atoms with Crippen LogP contribution in [0.1, 0.15) is 20.8 Å². The van der Waals surface area contributed by atoms with E-state index in [4.69, 9.17) is 15.2 Å². The molecule has 0 aliphatic carbocycles. The summed E-state index contributed by atoms with van der Waals surface area (Å²) in [6.45, 7) is 5.81. The number of rotatable bonds is 2. The summed E-state index contributed by atoms with van der Waals surface area (Å²) >= 11 is 0. The molecule has 4 heteroatoms. The van der Waals surface area contributed by atoms with Crippen LogP contribution < -0.4 is 15.2 Å². The van der Waals surface area contributed by atoms with Gasteiger partial charge in [-0.3, -0.25) is 0 Å². The van der Waals surface area contributed by atoms with Crippen molar-refractivity contribution in [1.29, 1.82) is 0 Å². The van der Waals surface area contributed by atoms with E-state index < -0.39 is 0 Å². The molecule has 0 aliphatic rings. The first-order valence-electron chi connectivity index (χ1n) is 4.42. The number of nitrogens with zero attached hydrogens (tertiary/aromatic N) is 1. The fourth-order valence-electron chi connectivity index (χ4n) is 0.920. The lowest BCUT2D eigenvalue weighted by Gasteiger charge is -2.21. The average molecular weight is 196 g/mol. The lowest BCUT2D eigenvalue weighted by molar-refractivity contribution is 0.124. The van der Waals surface area contributed by atoms with Gasteiger partial charge in [-0.25, -0.2) is 0 Å². The Balaban J connectivity index is 2.95. The van der Waals surface area contributed by atoms with Crippen molar-refractivity contribution in [2.45, 2.75) is 26.4 Å². The van der Waals surface area contributed by atoms with Gasteiger partial charge in [0, 0.05) is 6.07 Å². The number of nitrogen functional groups attached to an aromatic ring is 1. The number of hydrogen-bond acceptors (Lipinski definition) is 4. The van der Waals surface area contributed by atoms with Crippen LogP contribution in [-0.4, -0.2) is 17.7 Å². The molecule has 14 heavy (non-hydrogen) atoms. The maximum absolute atomic E-state index is 5.71. The first-order chi connectivity index (χ1) is 6.42. The van der Waals surface area contributed by atoms with Crippen molar-refractivity contribution in [3.8, 4) is 11.8 Å². The van der Waals surface area contributed by atoms with Crippen LogP contribution in [0.3, 0.4) is 0 Å². The van der Waals surface area contributed by atoms with Gasteiger partial charge >= 0.3 is 0 Å². The number of nitrogens with two attached hydrogens (primary N) is 1. The van der Waals surface area contributed by atoms with Crippen molar-refractivity contribution < 1.29 is 9.47 Å². The van der Waals surface area contributed by atoms with Gasteiger partial charge in [0.05, 0.1) is 12.8 Å². The quantitative estimate of drug-likeness (QED) is 0.784. The molecule has 4 nitrogen and oxygen atoms in total. The maximum Gasteiger partial charge on any atom is 0.241 e. The van der Waals surface area contributed by atoms with Crippen LogP contribution in [-0.2, 0) is 0 Å². The summed E-state index contributed by atoms with van der Waals surface area (Å²) < 4.78 is 10.5. The van der Waals surface area contributed by atoms with Gasteiger partial charge in [-0.05, 0) is 26.8 Å². The largest absolute Gasteiger partial charge is 0.481 e. The lowest BCUT2D eigenvalue weighted by Crippen LogP contribution is -2.24. The Morgan fingerprint density at radius 1 is 1.29 bits per heavy atom. The molecule has 0 fully saturated rings. The topological polar surface area (TPSA) is 57.4 Å². The second-order valence-corrected chi connectivity index (χ2v) is 3.96. The molecule has 1 rings (SSSR count). The number of hydrogen-bond donors (Lipinski definition) is 1. The molecule has 0 saturated carbocycles. The third kappa shape index (κ3) is 2.80. The van der Waals surface area contributed by atoms with Crippen molar-refractivity contribution in [3.63, 3.8) is 0 Å². The van der Waals surface area contributed by atoms with Crippen LogP contribution in [0, 0.1) is 0 Å². The van der Waals surface area contributed by atoms with Gasteiger partial charge in [-0.1, -0.05) is 0 Å². The van der Waals surface area contributed by atoms with E-state index in [1.165, 1.54) is 0 Å². The van der Waals surface area contributed by atoms with Gasteiger partial charge in [0.2, 0.25) is 11.8 Å². The van der Waals surface area contributed by atoms with Crippen LogP contribution in [0.5, 0.6) is 11.8 Å². The highest BCUT2D eigenvalue weighted by Gasteiger charge is 2.15. The summed E-state index contributed by atoms with van der Waals surface area (Å²) in [6.07, 6.45) is 0. The monoisotopic (exact) mass is 196 g/mol. The summed E-state index contributed by atoms with van der Waals surface area (Å²) in [4.78, 5) is 4.11. The highest BCUT2D eigenvalue weighted by Crippen LogP contribution is 2.25. The van der Waals surface area contributed by atoms with Crippen LogP contribution in [0.2, 0.25) is 0 Å². The Bertz CT molecular complexity index is 318. The molecule has 1 aromatic heterocycles. The molecule has 0 unspecified atom stereocenters. The third-order valence-corrected chi connectivity index (χ3v) is 1.48. The fourth-order valence-corrected chi connectivity index (χ4v) is 0.920. The minimum absolute atomic E-state index is 0.312. The van der Waals surface area contributed by atoms with E-state index in [-0.39, 0.29) is 5.60 Å². The van der Waals surface area contributed by atoms with E-state index in [1.807, 2.05) is 20.8 Å². The molecule has 0 atom stereocenters. The molecule has 0 bridgehead atoms. The number of aromatic nitrogens is 1. The van der Waals surface area contributed by atoms with Crippen molar-refractivity contribution in [2.24, 2.45) is 0 Å². The van der Waals surface area contributed by atoms with Crippen molar-refractivity contribution in [3.05, 3.63) is 12.1 Å². The zero-order valence-corrected chi connectivity index (χ0v) is 9.00. The summed E-state index contributed by atoms with van der Waals surface area (Å²) in [5, 5.41) is 0. The second-order valence-electron chi connectivity index (χ2n) is 3.96. The Kier molecular flexibility index (Phi) is 2.84. The molecule has 0 aliphatic heterocycles. The number of anilines is 1. The SMILES string of the molecule is COc1ccc(N)c(OC(C)(C)C)n1. The second kappa shape index (κ2) is 3.74. The summed E-state index contributed by atoms with van der Waals surface area (Å²) in [7, 11) is 1.55. The normalized spacial score (nSPS) is 11.1. The molecular weight excluding hydrogens is 180 g/mol. The van der Waals surface area contributed by atoms with Crippen LogP contribution in [0.15, 0.2) is 12.1 Å². The molecule has 2 N–H and O–H groups in total. The molecule has 0 saturated heterocycles. The minimum Gasteiger partial charge on any atom is -0.481 e. The summed E-state index contributed by atoms with van der Waals surface area (Å²) in [5.74, 6) is 0.912. The van der Waals surface area contributed by atoms with Gasteiger partial charge in [0.1, 0.15) is 5.60 Å². The predicted octanol–water partition coefficient (Wildman–Crippen LogP) is 1.85. The molecule has 1 aromatic rings. The standard InChI is InChI=1S/C10H16N2O2/c1-10(2,3)14-9-7(11)5-6-8(12-9)13-4/h5-6H,11H2,1-4H3. The van der Waals surface area contributed by atoms with Gasteiger partial charge in [0.25, 0.3) is 0 Å². The van der Waals surface area contributed by atoms with E-state index in [1.54, 1.807) is 19.2 Å². The fraction of sp³-hybridized carbons (Fsp3) is 0.500. The molecule has 1 heterocycles. The van der Waals surface area contributed by atoms with Crippen molar-refractivity contribution in [1.82, 2.24) is 4.98 Å². The smallest absolute Gasteiger partial charge is 0.241 e. The maximum atomic E-state index is 5.71. The van der Waals surface area contributed by atoms with Crippen LogP contribution in [0.25, 0.3) is 0 Å². The minimum atomic E-state index is -0.312. The summed E-state index contributed by atoms with van der Waals surface area (Å²) in [5.41, 5.74) is 5.91. The number of methoxy groups -OCH3 is 1. The van der Waals surface area contributed by atoms with Crippen molar-refractivity contribution in [2.75, 3.05) is 12.8 Å². The molecule has 78 valence electrons. The molecule has 0 amide bonds. The van der Waals surface area contributed by atoms with E-state index >= 15 is 0 Å². The average Bonchev–Trinajstić information content (AvgIpc) is 2.06. The predicted molar refractivity (Wildman–Crippen MR) is 55.6 cm³/mol. The lowest BCUT2D eigenvalue weighted by atomic mass is 10.2. The van der Waals surface area contributed by atoms with Gasteiger partial charge in [0.15, 0.2) is 0 Å². The number of pyridine rings is 1. The first-order valence-corrected chi connectivity index (χ1v) is 4.42. The molecule has 0 aromatic carbocycles. The zero-order valence-electron chi connectivity index (χ0n) is 9.00. The Labute approximate surface area is 84.0 Å². The summed E-state index contributed by atoms with van der Waals surface area (Å²) in [6, 6.07) is 3.41. The van der Waals surface area contributed by atoms with E-state index in [9.17, 15) is 0 Å². The number of ether oxygens (including phenoxy) is 2. The highest BCUT2D eigenvalue weighted by atomic mass is 16.5. The van der Waals surface area contributed by atoms with Gasteiger partial charge in [-0.15, -0.1) is 0 Å². The van der Waals surface area contributed by atoms with Crippen LogP contribution in [0.4, 0.5) is 5.69 Å². The molecule has 0 spiro atoms. The first kappa shape index (κ1) is 10.6. The zero-order chi connectivity index (χ0) is 10.8. The molecular formula is C10H16N2O2. The van der Waals surface area contributed by atoms with Crippen LogP contribution >= 0.6 is 0 Å². The van der Waals surface area contributed by atoms with Gasteiger partial charge < -0.3 is 15.2 Å². The third-order valence-electron chi connectivity index (χ3n) is 1.48. The van der Waals surface area contributed by atoms with E-state index in [0.717, 1.165) is 0 Å². The Hall–Kier alpha value is -1.45. The Morgan fingerprint density at radius 3 is 2.43 bits per heavy atom. The van der Waals surface area contributed by atoms with E-state index in [2.05, 4.69) is 4.98 Å². The highest BCUT2D eigenvalue weighted by molar-refractivity contribution is 5.49. The Morgan fingerprint density at radius 2 is 1.93 bits per heavy atom. The van der Waals surface area contributed by atoms with E-state index in [0.29, 0.717) is 17.4 Å². The molecule has 0 radical (unpaired) electrons.